The number of pyridine rings is 1. The summed E-state index contributed by atoms with van der Waals surface area (Å²) in [7, 11) is 1.39. The summed E-state index contributed by atoms with van der Waals surface area (Å²) in [6.07, 6.45) is 3.54. The number of nitrogens with zero attached hydrogens (tertiary/aromatic N) is 2. The number of aromatic nitrogens is 1. The van der Waals surface area contributed by atoms with E-state index < -0.39 is 0 Å². The molecular weight excluding hydrogens is 270 g/mol. The van der Waals surface area contributed by atoms with Crippen molar-refractivity contribution in [3.8, 4) is 0 Å². The first kappa shape index (κ1) is 16.8. The van der Waals surface area contributed by atoms with Crippen LogP contribution < -0.4 is 5.43 Å². The molecule has 0 fully saturated rings. The maximum absolute atomic E-state index is 11.7. The predicted octanol–water partition coefficient (Wildman–Crippen LogP) is 2.17. The summed E-state index contributed by atoms with van der Waals surface area (Å²) < 4.78 is 4.73. The van der Waals surface area contributed by atoms with Gasteiger partial charge in [-0.3, -0.25) is 14.6 Å². The highest BCUT2D eigenvalue weighted by Gasteiger charge is 2.16. The minimum absolute atomic E-state index is 0.133. The van der Waals surface area contributed by atoms with Crippen LogP contribution in [-0.4, -0.2) is 29.7 Å². The summed E-state index contributed by atoms with van der Waals surface area (Å²) in [5.41, 5.74) is 3.52. The number of esters is 1. The zero-order valence-corrected chi connectivity index (χ0v) is 12.6. The van der Waals surface area contributed by atoms with Crippen molar-refractivity contribution in [1.29, 1.82) is 0 Å². The Balaban J connectivity index is 2.46. The zero-order valence-electron chi connectivity index (χ0n) is 12.6. The first-order chi connectivity index (χ1) is 10.1. The van der Waals surface area contributed by atoms with Crippen molar-refractivity contribution in [3.05, 3.63) is 30.1 Å². The summed E-state index contributed by atoms with van der Waals surface area (Å²) in [4.78, 5) is 27.1. The Labute approximate surface area is 124 Å². The summed E-state index contributed by atoms with van der Waals surface area (Å²) in [5, 5.41) is 4.02. The quantitative estimate of drug-likeness (QED) is 0.474. The van der Waals surface area contributed by atoms with Crippen LogP contribution in [0, 0.1) is 5.92 Å². The largest absolute Gasteiger partial charge is 0.469 e. The molecule has 0 aliphatic rings. The van der Waals surface area contributed by atoms with Crippen molar-refractivity contribution in [3.63, 3.8) is 0 Å². The van der Waals surface area contributed by atoms with Crippen molar-refractivity contribution in [2.45, 2.75) is 33.1 Å². The second kappa shape index (κ2) is 8.84. The third-order valence-electron chi connectivity index (χ3n) is 3.13. The van der Waals surface area contributed by atoms with Crippen LogP contribution in [0.3, 0.4) is 0 Å². The molecule has 1 rings (SSSR count). The fourth-order valence-corrected chi connectivity index (χ4v) is 1.79. The van der Waals surface area contributed by atoms with Crippen molar-refractivity contribution < 1.29 is 14.3 Å². The molecule has 0 bridgehead atoms. The van der Waals surface area contributed by atoms with E-state index in [0.717, 1.165) is 12.1 Å². The topological polar surface area (TPSA) is 80.7 Å². The number of amides is 1. The number of ether oxygens (including phenoxy) is 1. The molecule has 1 aromatic heterocycles. The molecule has 0 saturated carbocycles. The van der Waals surface area contributed by atoms with Crippen LogP contribution in [0.2, 0.25) is 0 Å². The normalized spacial score (nSPS) is 12.6. The van der Waals surface area contributed by atoms with Crippen molar-refractivity contribution in [2.24, 2.45) is 11.0 Å². The Morgan fingerprint density at radius 1 is 1.43 bits per heavy atom. The van der Waals surface area contributed by atoms with E-state index in [-0.39, 0.29) is 17.8 Å². The lowest BCUT2D eigenvalue weighted by molar-refractivity contribution is -0.145. The highest BCUT2D eigenvalue weighted by atomic mass is 16.5. The van der Waals surface area contributed by atoms with Crippen LogP contribution in [0.25, 0.3) is 0 Å². The van der Waals surface area contributed by atoms with E-state index >= 15 is 0 Å². The highest BCUT2D eigenvalue weighted by molar-refractivity contribution is 5.93. The van der Waals surface area contributed by atoms with Crippen LogP contribution in [0.15, 0.2) is 29.5 Å². The lowest BCUT2D eigenvalue weighted by Gasteiger charge is -2.11. The number of methoxy groups -OCH3 is 1. The van der Waals surface area contributed by atoms with Crippen molar-refractivity contribution >= 4 is 17.6 Å². The maximum Gasteiger partial charge on any atom is 0.308 e. The van der Waals surface area contributed by atoms with Gasteiger partial charge in [-0.05, 0) is 38.3 Å². The number of rotatable bonds is 7. The van der Waals surface area contributed by atoms with Gasteiger partial charge >= 0.3 is 5.97 Å². The van der Waals surface area contributed by atoms with Gasteiger partial charge in [0.2, 0.25) is 0 Å². The molecule has 1 aromatic rings. The van der Waals surface area contributed by atoms with E-state index in [4.69, 9.17) is 4.74 Å². The lowest BCUT2D eigenvalue weighted by atomic mass is 9.99. The Morgan fingerprint density at radius 2 is 2.19 bits per heavy atom. The van der Waals surface area contributed by atoms with Crippen LogP contribution in [0.5, 0.6) is 0 Å². The molecule has 21 heavy (non-hydrogen) atoms. The van der Waals surface area contributed by atoms with Gasteiger partial charge in [0.25, 0.3) is 5.91 Å². The fraction of sp³-hybridized carbons (Fsp3) is 0.467. The van der Waals surface area contributed by atoms with Gasteiger partial charge in [0.05, 0.1) is 13.0 Å². The average Bonchev–Trinajstić information content (AvgIpc) is 2.53. The van der Waals surface area contributed by atoms with E-state index in [9.17, 15) is 9.59 Å². The van der Waals surface area contributed by atoms with Crippen LogP contribution in [0.4, 0.5) is 0 Å². The van der Waals surface area contributed by atoms with Crippen LogP contribution >= 0.6 is 0 Å². The molecule has 1 N–H and O–H groups in total. The number of carbonyl (C=O) groups excluding carboxylic acids is 2. The van der Waals surface area contributed by atoms with Crippen LogP contribution in [-0.2, 0) is 9.53 Å². The molecule has 1 atom stereocenters. The minimum Gasteiger partial charge on any atom is -0.469 e. The Hall–Kier alpha value is -2.24. The lowest BCUT2D eigenvalue weighted by Crippen LogP contribution is -2.21. The van der Waals surface area contributed by atoms with E-state index in [1.54, 1.807) is 24.4 Å². The summed E-state index contributed by atoms with van der Waals surface area (Å²) >= 11 is 0. The molecule has 0 aromatic carbocycles. The minimum atomic E-state index is -0.352. The third-order valence-corrected chi connectivity index (χ3v) is 3.13. The second-order valence-electron chi connectivity index (χ2n) is 4.67. The molecule has 6 nitrogen and oxygen atoms in total. The van der Waals surface area contributed by atoms with Gasteiger partial charge in [-0.15, -0.1) is 0 Å². The van der Waals surface area contributed by atoms with Gasteiger partial charge in [-0.2, -0.15) is 5.10 Å². The number of carbonyl (C=O) groups is 2. The molecular formula is C15H21N3O3. The van der Waals surface area contributed by atoms with E-state index in [0.29, 0.717) is 18.5 Å². The van der Waals surface area contributed by atoms with Gasteiger partial charge in [0.15, 0.2) is 0 Å². The van der Waals surface area contributed by atoms with Crippen molar-refractivity contribution in [1.82, 2.24) is 10.4 Å². The second-order valence-corrected chi connectivity index (χ2v) is 4.67. The van der Waals surface area contributed by atoms with Crippen molar-refractivity contribution in [2.75, 3.05) is 7.11 Å². The molecule has 0 aliphatic carbocycles. The van der Waals surface area contributed by atoms with Gasteiger partial charge in [-0.1, -0.05) is 13.0 Å². The molecule has 0 spiro atoms. The first-order valence-electron chi connectivity index (χ1n) is 6.90. The Bertz CT molecular complexity index is 500. The molecule has 6 heteroatoms. The molecule has 1 unspecified atom stereocenters. The smallest absolute Gasteiger partial charge is 0.308 e. The average molecular weight is 291 g/mol. The van der Waals surface area contributed by atoms with Gasteiger partial charge < -0.3 is 4.74 Å². The van der Waals surface area contributed by atoms with Gasteiger partial charge in [0, 0.05) is 11.9 Å². The number of hydrogen-bond acceptors (Lipinski definition) is 5. The van der Waals surface area contributed by atoms with Gasteiger partial charge in [0.1, 0.15) is 5.69 Å². The Morgan fingerprint density at radius 3 is 2.76 bits per heavy atom. The maximum atomic E-state index is 11.7. The molecule has 0 saturated heterocycles. The first-order valence-corrected chi connectivity index (χ1v) is 6.90. The zero-order chi connectivity index (χ0) is 15.7. The molecule has 1 amide bonds. The number of hydrazone groups is 1. The fourth-order valence-electron chi connectivity index (χ4n) is 1.79. The molecule has 1 heterocycles. The monoisotopic (exact) mass is 291 g/mol. The Kier molecular flexibility index (Phi) is 7.08. The molecule has 114 valence electrons. The number of nitrogens with one attached hydrogen (secondary N) is 1. The van der Waals surface area contributed by atoms with Crippen LogP contribution in [0.1, 0.15) is 43.6 Å². The number of hydrogen-bond donors (Lipinski definition) is 1. The molecule has 0 radical (unpaired) electrons. The van der Waals surface area contributed by atoms with E-state index in [1.807, 2.05) is 13.8 Å². The third kappa shape index (κ3) is 5.72. The predicted molar refractivity (Wildman–Crippen MR) is 79.8 cm³/mol. The van der Waals surface area contributed by atoms with Gasteiger partial charge in [-0.25, -0.2) is 5.43 Å². The highest BCUT2D eigenvalue weighted by Crippen LogP contribution is 2.13. The SMILES string of the molecule is CCC(CC/C(C)=N\NC(=O)c1ccccn1)C(=O)OC. The molecule has 0 aliphatic heterocycles. The summed E-state index contributed by atoms with van der Waals surface area (Å²) in [6, 6.07) is 5.09. The van der Waals surface area contributed by atoms with E-state index in [2.05, 4.69) is 15.5 Å². The summed E-state index contributed by atoms with van der Waals surface area (Å²) in [6.45, 7) is 3.75. The standard InChI is InChI=1S/C15H21N3O3/c1-4-12(15(20)21-3)9-8-11(2)17-18-14(19)13-7-5-6-10-16-13/h5-7,10,12H,4,8-9H2,1-3H3,(H,18,19)/b17-11-. The van der Waals surface area contributed by atoms with E-state index in [1.165, 1.54) is 7.11 Å². The summed E-state index contributed by atoms with van der Waals surface area (Å²) in [5.74, 6) is -0.690.